The monoisotopic (exact) mass is 247 g/mol. The van der Waals surface area contributed by atoms with Gasteiger partial charge in [-0.3, -0.25) is 9.69 Å². The summed E-state index contributed by atoms with van der Waals surface area (Å²) in [6.07, 6.45) is 0.994. The standard InChI is InChI=1S/C14H21N3O/c1-15-14(18)13-11-16-8-10-17(13)9-7-12-5-3-2-4-6-12/h2-6,13,16H,7-11H2,1H3,(H,15,18)/t13-/m0/s1. The van der Waals surface area contributed by atoms with Gasteiger partial charge in [0.05, 0.1) is 0 Å². The Bertz CT molecular complexity index is 380. The first-order valence-electron chi connectivity index (χ1n) is 6.51. The van der Waals surface area contributed by atoms with Crippen molar-refractivity contribution < 1.29 is 4.79 Å². The molecule has 0 radical (unpaired) electrons. The van der Waals surface area contributed by atoms with Crippen molar-refractivity contribution in [1.29, 1.82) is 0 Å². The fourth-order valence-electron chi connectivity index (χ4n) is 2.36. The van der Waals surface area contributed by atoms with E-state index in [1.165, 1.54) is 5.56 Å². The number of nitrogens with zero attached hydrogens (tertiary/aromatic N) is 1. The average Bonchev–Trinajstić information content (AvgIpc) is 2.45. The summed E-state index contributed by atoms with van der Waals surface area (Å²) in [4.78, 5) is 14.1. The molecule has 4 nitrogen and oxygen atoms in total. The Morgan fingerprint density at radius 2 is 2.22 bits per heavy atom. The third-order valence-corrected chi connectivity index (χ3v) is 3.43. The molecule has 1 fully saturated rings. The van der Waals surface area contributed by atoms with Crippen LogP contribution in [0.3, 0.4) is 0 Å². The Morgan fingerprint density at radius 3 is 2.94 bits per heavy atom. The molecule has 1 amide bonds. The molecule has 1 aliphatic heterocycles. The van der Waals surface area contributed by atoms with Crippen LogP contribution in [0.4, 0.5) is 0 Å². The number of hydrogen-bond acceptors (Lipinski definition) is 3. The van der Waals surface area contributed by atoms with Crippen molar-refractivity contribution in [2.75, 3.05) is 33.2 Å². The molecule has 1 aromatic carbocycles. The van der Waals surface area contributed by atoms with E-state index >= 15 is 0 Å². The van der Waals surface area contributed by atoms with Gasteiger partial charge in [0.1, 0.15) is 6.04 Å². The van der Waals surface area contributed by atoms with Crippen molar-refractivity contribution in [3.63, 3.8) is 0 Å². The number of rotatable bonds is 4. The van der Waals surface area contributed by atoms with E-state index in [0.717, 1.165) is 32.6 Å². The predicted octanol–water partition coefficient (Wildman–Crippen LogP) is 0.249. The molecule has 1 aliphatic rings. The van der Waals surface area contributed by atoms with Gasteiger partial charge >= 0.3 is 0 Å². The lowest BCUT2D eigenvalue weighted by Crippen LogP contribution is -2.57. The number of amides is 1. The van der Waals surface area contributed by atoms with Crippen LogP contribution in [0.25, 0.3) is 0 Å². The van der Waals surface area contributed by atoms with Gasteiger partial charge in [-0.1, -0.05) is 30.3 Å². The van der Waals surface area contributed by atoms with Crippen molar-refractivity contribution in [2.45, 2.75) is 12.5 Å². The van der Waals surface area contributed by atoms with Gasteiger partial charge in [-0.05, 0) is 12.0 Å². The Morgan fingerprint density at radius 1 is 1.44 bits per heavy atom. The van der Waals surface area contributed by atoms with Gasteiger partial charge in [0, 0.05) is 33.2 Å². The van der Waals surface area contributed by atoms with Crippen molar-refractivity contribution in [3.05, 3.63) is 35.9 Å². The molecule has 0 spiro atoms. The maximum atomic E-state index is 11.8. The second-order valence-corrected chi connectivity index (χ2v) is 4.61. The summed E-state index contributed by atoms with van der Waals surface area (Å²) in [5.74, 6) is 0.107. The first-order valence-corrected chi connectivity index (χ1v) is 6.51. The van der Waals surface area contributed by atoms with Crippen LogP contribution < -0.4 is 10.6 Å². The van der Waals surface area contributed by atoms with Gasteiger partial charge in [-0.25, -0.2) is 0 Å². The van der Waals surface area contributed by atoms with Crippen molar-refractivity contribution in [3.8, 4) is 0 Å². The van der Waals surface area contributed by atoms with Gasteiger partial charge in [-0.15, -0.1) is 0 Å². The van der Waals surface area contributed by atoms with Crippen molar-refractivity contribution >= 4 is 5.91 Å². The molecule has 0 aliphatic carbocycles. The number of likely N-dealkylation sites (N-methyl/N-ethyl adjacent to an activating group) is 1. The maximum Gasteiger partial charge on any atom is 0.238 e. The first-order chi connectivity index (χ1) is 8.81. The summed E-state index contributed by atoms with van der Waals surface area (Å²) in [6.45, 7) is 3.57. The van der Waals surface area contributed by atoms with Crippen LogP contribution >= 0.6 is 0 Å². The zero-order valence-corrected chi connectivity index (χ0v) is 10.9. The molecular formula is C14H21N3O. The van der Waals surface area contributed by atoms with Gasteiger partial charge in [-0.2, -0.15) is 0 Å². The minimum Gasteiger partial charge on any atom is -0.358 e. The largest absolute Gasteiger partial charge is 0.358 e. The smallest absolute Gasteiger partial charge is 0.238 e. The number of nitrogens with one attached hydrogen (secondary N) is 2. The topological polar surface area (TPSA) is 44.4 Å². The zero-order valence-electron chi connectivity index (χ0n) is 10.9. The Balaban J connectivity index is 1.91. The Kier molecular flexibility index (Phi) is 4.73. The summed E-state index contributed by atoms with van der Waals surface area (Å²) < 4.78 is 0. The third-order valence-electron chi connectivity index (χ3n) is 3.43. The molecule has 0 bridgehead atoms. The minimum absolute atomic E-state index is 0.0348. The molecule has 18 heavy (non-hydrogen) atoms. The third kappa shape index (κ3) is 3.31. The molecule has 1 atom stereocenters. The van der Waals surface area contributed by atoms with Crippen LogP contribution in [-0.2, 0) is 11.2 Å². The lowest BCUT2D eigenvalue weighted by atomic mass is 10.1. The van der Waals surface area contributed by atoms with E-state index in [-0.39, 0.29) is 11.9 Å². The lowest BCUT2D eigenvalue weighted by molar-refractivity contribution is -0.126. The number of benzene rings is 1. The predicted molar refractivity (Wildman–Crippen MR) is 72.4 cm³/mol. The summed E-state index contributed by atoms with van der Waals surface area (Å²) in [7, 11) is 1.70. The highest BCUT2D eigenvalue weighted by molar-refractivity contribution is 5.81. The van der Waals surface area contributed by atoms with E-state index in [1.54, 1.807) is 7.05 Å². The van der Waals surface area contributed by atoms with Crippen LogP contribution in [0.2, 0.25) is 0 Å². The fourth-order valence-corrected chi connectivity index (χ4v) is 2.36. The summed E-state index contributed by atoms with van der Waals surface area (Å²) in [5.41, 5.74) is 1.33. The number of carbonyl (C=O) groups excluding carboxylic acids is 1. The van der Waals surface area contributed by atoms with E-state index in [0.29, 0.717) is 0 Å². The second-order valence-electron chi connectivity index (χ2n) is 4.61. The quantitative estimate of drug-likeness (QED) is 0.801. The normalized spacial score (nSPS) is 20.6. The van der Waals surface area contributed by atoms with Gasteiger partial charge in [0.2, 0.25) is 5.91 Å². The van der Waals surface area contributed by atoms with Crippen LogP contribution in [-0.4, -0.2) is 50.1 Å². The van der Waals surface area contributed by atoms with Crippen LogP contribution in [0.15, 0.2) is 30.3 Å². The second kappa shape index (κ2) is 6.52. The van der Waals surface area contributed by atoms with Crippen molar-refractivity contribution in [2.24, 2.45) is 0 Å². The number of carbonyl (C=O) groups is 1. The molecule has 1 aromatic rings. The Hall–Kier alpha value is -1.39. The summed E-state index contributed by atoms with van der Waals surface area (Å²) >= 11 is 0. The highest BCUT2D eigenvalue weighted by atomic mass is 16.2. The molecule has 2 rings (SSSR count). The van der Waals surface area contributed by atoms with Gasteiger partial charge in [0.25, 0.3) is 0 Å². The molecule has 1 heterocycles. The van der Waals surface area contributed by atoms with Gasteiger partial charge < -0.3 is 10.6 Å². The van der Waals surface area contributed by atoms with E-state index < -0.39 is 0 Å². The Labute approximate surface area is 108 Å². The molecule has 2 N–H and O–H groups in total. The van der Waals surface area contributed by atoms with E-state index in [1.807, 2.05) is 6.07 Å². The minimum atomic E-state index is -0.0348. The summed E-state index contributed by atoms with van der Waals surface area (Å²) in [5, 5.41) is 6.02. The highest BCUT2D eigenvalue weighted by Crippen LogP contribution is 2.07. The molecule has 1 saturated heterocycles. The highest BCUT2D eigenvalue weighted by Gasteiger charge is 2.27. The zero-order chi connectivity index (χ0) is 12.8. The van der Waals surface area contributed by atoms with Crippen LogP contribution in [0.1, 0.15) is 5.56 Å². The van der Waals surface area contributed by atoms with Gasteiger partial charge in [0.15, 0.2) is 0 Å². The SMILES string of the molecule is CNC(=O)[C@@H]1CNCCN1CCc1ccccc1. The summed E-state index contributed by atoms with van der Waals surface area (Å²) in [6, 6.07) is 10.4. The lowest BCUT2D eigenvalue weighted by Gasteiger charge is -2.34. The van der Waals surface area contributed by atoms with E-state index in [2.05, 4.69) is 39.8 Å². The van der Waals surface area contributed by atoms with E-state index in [9.17, 15) is 4.79 Å². The van der Waals surface area contributed by atoms with Crippen LogP contribution in [0.5, 0.6) is 0 Å². The van der Waals surface area contributed by atoms with Crippen LogP contribution in [0, 0.1) is 0 Å². The molecular weight excluding hydrogens is 226 g/mol. The number of piperazine rings is 1. The molecule has 0 unspecified atom stereocenters. The first kappa shape index (κ1) is 13.1. The molecule has 0 saturated carbocycles. The number of hydrogen-bond donors (Lipinski definition) is 2. The molecule has 0 aromatic heterocycles. The van der Waals surface area contributed by atoms with Crippen molar-refractivity contribution in [1.82, 2.24) is 15.5 Å². The maximum absolute atomic E-state index is 11.8. The molecule has 98 valence electrons. The molecule has 4 heteroatoms. The van der Waals surface area contributed by atoms with E-state index in [4.69, 9.17) is 0 Å². The fraction of sp³-hybridized carbons (Fsp3) is 0.500. The average molecular weight is 247 g/mol.